The van der Waals surface area contributed by atoms with E-state index in [0.717, 1.165) is 5.56 Å². The lowest BCUT2D eigenvalue weighted by Gasteiger charge is -2.18. The van der Waals surface area contributed by atoms with Gasteiger partial charge >= 0.3 is 5.97 Å². The van der Waals surface area contributed by atoms with Crippen LogP contribution in [-0.4, -0.2) is 17.6 Å². The minimum absolute atomic E-state index is 0.0817. The number of hydrogen-bond acceptors (Lipinski definition) is 4. The molecule has 5 heteroatoms. The zero-order chi connectivity index (χ0) is 15.2. The van der Waals surface area contributed by atoms with Crippen molar-refractivity contribution in [3.8, 4) is 0 Å². The van der Waals surface area contributed by atoms with Crippen LogP contribution in [0.3, 0.4) is 0 Å². The van der Waals surface area contributed by atoms with Gasteiger partial charge < -0.3 is 10.1 Å². The van der Waals surface area contributed by atoms with Gasteiger partial charge in [0.25, 0.3) is 0 Å². The predicted octanol–water partition coefficient (Wildman–Crippen LogP) is 4.08. The molecule has 0 saturated carbocycles. The molecule has 0 spiro atoms. The van der Waals surface area contributed by atoms with Crippen LogP contribution in [0, 0.1) is 0 Å². The van der Waals surface area contributed by atoms with Crippen molar-refractivity contribution in [2.45, 2.75) is 19.9 Å². The highest BCUT2D eigenvalue weighted by molar-refractivity contribution is 6.31. The average Bonchev–Trinajstić information content (AvgIpc) is 2.48. The molecular formula is C16H17ClN2O2. The third-order valence-corrected chi connectivity index (χ3v) is 3.37. The van der Waals surface area contributed by atoms with Gasteiger partial charge in [0.15, 0.2) is 0 Å². The Kier molecular flexibility index (Phi) is 5.17. The van der Waals surface area contributed by atoms with Crippen LogP contribution in [0.2, 0.25) is 5.02 Å². The van der Waals surface area contributed by atoms with Gasteiger partial charge in [-0.3, -0.25) is 0 Å². The maximum Gasteiger partial charge on any atom is 0.341 e. The van der Waals surface area contributed by atoms with Gasteiger partial charge in [0.1, 0.15) is 11.4 Å². The molecule has 0 aliphatic rings. The molecule has 0 aliphatic carbocycles. The second-order valence-electron chi connectivity index (χ2n) is 4.51. The number of nitrogens with zero attached hydrogens (tertiary/aromatic N) is 1. The maximum atomic E-state index is 11.9. The monoisotopic (exact) mass is 304 g/mol. The number of aromatic nitrogens is 1. The number of rotatable bonds is 5. The molecule has 110 valence electrons. The van der Waals surface area contributed by atoms with Crippen LogP contribution in [-0.2, 0) is 4.74 Å². The van der Waals surface area contributed by atoms with Gasteiger partial charge in [0.2, 0.25) is 0 Å². The Balaban J connectivity index is 2.24. The van der Waals surface area contributed by atoms with Crippen LogP contribution >= 0.6 is 11.6 Å². The first-order chi connectivity index (χ1) is 10.1. The molecule has 2 rings (SSSR count). The molecule has 0 bridgehead atoms. The smallest absolute Gasteiger partial charge is 0.341 e. The Bertz CT molecular complexity index is 631. The second kappa shape index (κ2) is 7.09. The summed E-state index contributed by atoms with van der Waals surface area (Å²) in [4.78, 5) is 16.1. The molecular weight excluding hydrogens is 288 g/mol. The molecule has 0 radical (unpaired) electrons. The number of benzene rings is 1. The van der Waals surface area contributed by atoms with E-state index in [-0.39, 0.29) is 12.0 Å². The standard InChI is InChI=1S/C16H17ClN2O2/c1-3-21-16(20)13-8-6-10-18-15(13)19-11(2)12-7-4-5-9-14(12)17/h4-11H,3H2,1-2H3,(H,18,19). The number of pyridine rings is 1. The first-order valence-electron chi connectivity index (χ1n) is 6.76. The number of esters is 1. The summed E-state index contributed by atoms with van der Waals surface area (Å²) in [6.07, 6.45) is 1.63. The molecule has 0 fully saturated rings. The van der Waals surface area contributed by atoms with Crippen LogP contribution in [0.15, 0.2) is 42.6 Å². The topological polar surface area (TPSA) is 51.2 Å². The number of carbonyl (C=O) groups is 1. The Morgan fingerprint density at radius 3 is 2.81 bits per heavy atom. The van der Waals surface area contributed by atoms with Crippen LogP contribution in [0.25, 0.3) is 0 Å². The highest BCUT2D eigenvalue weighted by Crippen LogP contribution is 2.26. The number of halogens is 1. The lowest BCUT2D eigenvalue weighted by atomic mass is 10.1. The first-order valence-corrected chi connectivity index (χ1v) is 7.14. The van der Waals surface area contributed by atoms with Crippen molar-refractivity contribution in [1.29, 1.82) is 0 Å². The van der Waals surface area contributed by atoms with Gasteiger partial charge in [0.05, 0.1) is 12.6 Å². The van der Waals surface area contributed by atoms with Crippen LogP contribution < -0.4 is 5.32 Å². The number of anilines is 1. The van der Waals surface area contributed by atoms with E-state index in [2.05, 4.69) is 10.3 Å². The Hall–Kier alpha value is -2.07. The molecule has 2 aromatic rings. The Morgan fingerprint density at radius 1 is 1.33 bits per heavy atom. The molecule has 1 heterocycles. The van der Waals surface area contributed by atoms with Crippen LogP contribution in [0.1, 0.15) is 35.8 Å². The van der Waals surface area contributed by atoms with Crippen molar-refractivity contribution in [2.75, 3.05) is 11.9 Å². The number of ether oxygens (including phenoxy) is 1. The van der Waals surface area contributed by atoms with Gasteiger partial charge in [0, 0.05) is 11.2 Å². The van der Waals surface area contributed by atoms with Crippen molar-refractivity contribution in [1.82, 2.24) is 4.98 Å². The van der Waals surface area contributed by atoms with Crippen LogP contribution in [0.5, 0.6) is 0 Å². The minimum Gasteiger partial charge on any atom is -0.462 e. The second-order valence-corrected chi connectivity index (χ2v) is 4.91. The van der Waals surface area contributed by atoms with Gasteiger partial charge in [-0.2, -0.15) is 0 Å². The molecule has 4 nitrogen and oxygen atoms in total. The van der Waals surface area contributed by atoms with Crippen molar-refractivity contribution in [2.24, 2.45) is 0 Å². The van der Waals surface area contributed by atoms with Crippen molar-refractivity contribution >= 4 is 23.4 Å². The fourth-order valence-corrected chi connectivity index (χ4v) is 2.30. The van der Waals surface area contributed by atoms with E-state index in [1.807, 2.05) is 31.2 Å². The largest absolute Gasteiger partial charge is 0.462 e. The summed E-state index contributed by atoms with van der Waals surface area (Å²) in [5, 5.41) is 3.88. The number of carbonyl (C=O) groups excluding carboxylic acids is 1. The van der Waals surface area contributed by atoms with E-state index >= 15 is 0 Å². The molecule has 1 aromatic heterocycles. The first kappa shape index (κ1) is 15.3. The SMILES string of the molecule is CCOC(=O)c1cccnc1NC(C)c1ccccc1Cl. The molecule has 1 N–H and O–H groups in total. The Morgan fingerprint density at radius 2 is 2.10 bits per heavy atom. The van der Waals surface area contributed by atoms with E-state index in [9.17, 15) is 4.79 Å². The van der Waals surface area contributed by atoms with Crippen molar-refractivity contribution in [3.63, 3.8) is 0 Å². The van der Waals surface area contributed by atoms with Crippen molar-refractivity contribution < 1.29 is 9.53 Å². The van der Waals surface area contributed by atoms with Gasteiger partial charge in [-0.15, -0.1) is 0 Å². The Labute approximate surface area is 129 Å². The van der Waals surface area contributed by atoms with Gasteiger partial charge in [-0.25, -0.2) is 9.78 Å². The summed E-state index contributed by atoms with van der Waals surface area (Å²) in [5.74, 6) is 0.0998. The highest BCUT2D eigenvalue weighted by atomic mass is 35.5. The summed E-state index contributed by atoms with van der Waals surface area (Å²) in [6, 6.07) is 10.9. The maximum absolute atomic E-state index is 11.9. The lowest BCUT2D eigenvalue weighted by molar-refractivity contribution is 0.0527. The third kappa shape index (κ3) is 3.73. The third-order valence-electron chi connectivity index (χ3n) is 3.03. The molecule has 1 aromatic carbocycles. The van der Waals surface area contributed by atoms with E-state index < -0.39 is 0 Å². The molecule has 21 heavy (non-hydrogen) atoms. The van der Waals surface area contributed by atoms with E-state index in [0.29, 0.717) is 23.0 Å². The minimum atomic E-state index is -0.389. The van der Waals surface area contributed by atoms with E-state index in [4.69, 9.17) is 16.3 Å². The van der Waals surface area contributed by atoms with Gasteiger partial charge in [-0.1, -0.05) is 29.8 Å². The van der Waals surface area contributed by atoms with Gasteiger partial charge in [-0.05, 0) is 37.6 Å². The predicted molar refractivity (Wildman–Crippen MR) is 83.7 cm³/mol. The van der Waals surface area contributed by atoms with Crippen molar-refractivity contribution in [3.05, 3.63) is 58.7 Å². The average molecular weight is 305 g/mol. The zero-order valence-corrected chi connectivity index (χ0v) is 12.7. The normalized spacial score (nSPS) is 11.8. The zero-order valence-electron chi connectivity index (χ0n) is 12.0. The fourth-order valence-electron chi connectivity index (χ4n) is 2.00. The number of hydrogen-bond donors (Lipinski definition) is 1. The summed E-state index contributed by atoms with van der Waals surface area (Å²) in [6.45, 7) is 4.06. The highest BCUT2D eigenvalue weighted by Gasteiger charge is 2.16. The fraction of sp³-hybridized carbons (Fsp3) is 0.250. The molecule has 1 atom stereocenters. The number of nitrogens with one attached hydrogen (secondary N) is 1. The molecule has 0 amide bonds. The molecule has 0 aliphatic heterocycles. The summed E-state index contributed by atoms with van der Waals surface area (Å²) >= 11 is 6.19. The van der Waals surface area contributed by atoms with E-state index in [1.54, 1.807) is 25.3 Å². The van der Waals surface area contributed by atoms with Crippen LogP contribution in [0.4, 0.5) is 5.82 Å². The molecule has 1 unspecified atom stereocenters. The summed E-state index contributed by atoms with van der Waals surface area (Å²) in [5.41, 5.74) is 1.36. The lowest BCUT2D eigenvalue weighted by Crippen LogP contribution is -2.14. The van der Waals surface area contributed by atoms with E-state index in [1.165, 1.54) is 0 Å². The molecule has 0 saturated heterocycles. The quantitative estimate of drug-likeness (QED) is 0.845. The summed E-state index contributed by atoms with van der Waals surface area (Å²) < 4.78 is 5.03. The summed E-state index contributed by atoms with van der Waals surface area (Å²) in [7, 11) is 0.